The summed E-state index contributed by atoms with van der Waals surface area (Å²) in [5, 5.41) is 8.37. The van der Waals surface area contributed by atoms with Gasteiger partial charge in [-0.2, -0.15) is 0 Å². The van der Waals surface area contributed by atoms with Gasteiger partial charge < -0.3 is 15.0 Å². The molecule has 0 aliphatic carbocycles. The Bertz CT molecular complexity index is 2370. The molecule has 0 fully saturated rings. The van der Waals surface area contributed by atoms with E-state index in [9.17, 15) is 0 Å². The first kappa shape index (κ1) is 27.9. The van der Waals surface area contributed by atoms with Crippen LogP contribution in [-0.2, 0) is 0 Å². The Morgan fingerprint density at radius 2 is 0.875 bits per heavy atom. The van der Waals surface area contributed by atoms with E-state index in [1.54, 1.807) is 0 Å². The smallest absolute Gasteiger partial charge is 0.196 e. The van der Waals surface area contributed by atoms with Crippen molar-refractivity contribution in [3.63, 3.8) is 0 Å². The third kappa shape index (κ3) is 4.94. The minimum Gasteiger partial charge on any atom is -0.464 e. The number of fused-ring (bicyclic) bond motifs is 6. The van der Waals surface area contributed by atoms with Crippen LogP contribution in [0.2, 0.25) is 0 Å². The number of para-hydroxylation sites is 1. The van der Waals surface area contributed by atoms with Crippen LogP contribution in [0.15, 0.2) is 182 Å². The van der Waals surface area contributed by atoms with Crippen molar-refractivity contribution in [1.29, 1.82) is 0 Å². The van der Waals surface area contributed by atoms with Crippen molar-refractivity contribution < 1.29 is 4.74 Å². The predicted octanol–water partition coefficient (Wildman–Crippen LogP) is 12.3. The molecule has 3 nitrogen and oxygen atoms in total. The second-order valence-electron chi connectivity index (χ2n) is 12.2. The van der Waals surface area contributed by atoms with Crippen LogP contribution in [0.3, 0.4) is 0 Å². The second kappa shape index (κ2) is 11.8. The third-order valence-corrected chi connectivity index (χ3v) is 9.30. The van der Waals surface area contributed by atoms with Crippen LogP contribution < -0.4 is 15.0 Å². The van der Waals surface area contributed by atoms with Crippen molar-refractivity contribution in [3.05, 3.63) is 188 Å². The van der Waals surface area contributed by atoms with E-state index in [0.717, 1.165) is 50.6 Å². The number of benzene rings is 8. The lowest BCUT2D eigenvalue weighted by Gasteiger charge is -2.26. The molecule has 1 N–H and O–H groups in total. The molecule has 9 rings (SSSR count). The third-order valence-electron chi connectivity index (χ3n) is 9.30. The highest BCUT2D eigenvalue weighted by Crippen LogP contribution is 2.49. The average Bonchev–Trinajstić information content (AvgIpc) is 3.63. The van der Waals surface area contributed by atoms with Gasteiger partial charge in [-0.15, -0.1) is 0 Å². The fraction of sp³-hybridized carbons (Fsp3) is 0.0222. The van der Waals surface area contributed by atoms with E-state index in [2.05, 4.69) is 186 Å². The molecule has 0 amide bonds. The molecule has 0 aromatic heterocycles. The van der Waals surface area contributed by atoms with Crippen LogP contribution in [-0.4, -0.2) is 0 Å². The van der Waals surface area contributed by atoms with Crippen LogP contribution in [0.1, 0.15) is 11.8 Å². The minimum absolute atomic E-state index is 0.233. The zero-order valence-electron chi connectivity index (χ0n) is 26.3. The van der Waals surface area contributed by atoms with E-state index in [-0.39, 0.29) is 6.23 Å². The summed E-state index contributed by atoms with van der Waals surface area (Å²) in [6.45, 7) is 0. The first-order valence-corrected chi connectivity index (χ1v) is 16.4. The van der Waals surface area contributed by atoms with Gasteiger partial charge in [-0.05, 0) is 75.5 Å². The van der Waals surface area contributed by atoms with E-state index in [1.165, 1.54) is 27.3 Å². The largest absolute Gasteiger partial charge is 0.464 e. The molecule has 48 heavy (non-hydrogen) atoms. The molecule has 3 heteroatoms. The van der Waals surface area contributed by atoms with Crippen molar-refractivity contribution in [2.75, 3.05) is 10.2 Å². The summed E-state index contributed by atoms with van der Waals surface area (Å²) in [6.07, 6.45) is -0.233. The molecule has 1 aliphatic rings. The van der Waals surface area contributed by atoms with Crippen molar-refractivity contribution in [2.24, 2.45) is 0 Å². The minimum atomic E-state index is -0.233. The van der Waals surface area contributed by atoms with Crippen LogP contribution in [0.25, 0.3) is 43.8 Å². The van der Waals surface area contributed by atoms with E-state index in [1.807, 2.05) is 6.07 Å². The second-order valence-corrected chi connectivity index (χ2v) is 12.2. The molecule has 0 saturated heterocycles. The highest BCUT2D eigenvalue weighted by atomic mass is 16.5. The van der Waals surface area contributed by atoms with Gasteiger partial charge in [0.2, 0.25) is 0 Å². The molecule has 0 bridgehead atoms. The van der Waals surface area contributed by atoms with E-state index in [4.69, 9.17) is 4.74 Å². The summed E-state index contributed by atoms with van der Waals surface area (Å²) in [5.74, 6) is 0.908. The Kier molecular flexibility index (Phi) is 6.87. The van der Waals surface area contributed by atoms with Gasteiger partial charge in [0.15, 0.2) is 12.0 Å². The van der Waals surface area contributed by atoms with Gasteiger partial charge in [-0.1, -0.05) is 140 Å². The van der Waals surface area contributed by atoms with Gasteiger partial charge in [0.25, 0.3) is 0 Å². The molecule has 8 aromatic carbocycles. The predicted molar refractivity (Wildman–Crippen MR) is 200 cm³/mol. The van der Waals surface area contributed by atoms with Gasteiger partial charge in [0, 0.05) is 33.4 Å². The molecule has 1 aliphatic heterocycles. The molecule has 1 atom stereocenters. The highest BCUT2D eigenvalue weighted by molar-refractivity contribution is 6.18. The zero-order chi connectivity index (χ0) is 31.9. The van der Waals surface area contributed by atoms with Gasteiger partial charge in [-0.3, -0.25) is 0 Å². The standard InChI is InChI=1S/C45H32N2O/c1-4-12-31(13-5-1)32-20-25-37(26-21-32)47(36-16-8-3-9-17-36)38-27-22-33(23-28-38)35-24-29-40-39-18-10-11-19-41(39)43-44(42(40)30-35)48-45(46-43)34-14-6-2-7-15-34/h1-30,45-46H. The van der Waals surface area contributed by atoms with E-state index < -0.39 is 0 Å². The van der Waals surface area contributed by atoms with E-state index >= 15 is 0 Å². The Labute approximate surface area is 280 Å². The van der Waals surface area contributed by atoms with Crippen LogP contribution in [0, 0.1) is 0 Å². The van der Waals surface area contributed by atoms with Crippen molar-refractivity contribution >= 4 is 44.3 Å². The molecule has 1 heterocycles. The molecule has 1 unspecified atom stereocenters. The average molecular weight is 617 g/mol. The Hall–Kier alpha value is -6.32. The zero-order valence-corrected chi connectivity index (χ0v) is 26.3. The first-order chi connectivity index (χ1) is 23.8. The maximum absolute atomic E-state index is 6.67. The number of hydrogen-bond acceptors (Lipinski definition) is 3. The van der Waals surface area contributed by atoms with Crippen LogP contribution in [0.5, 0.6) is 5.75 Å². The molecule has 0 spiro atoms. The number of rotatable bonds is 6. The Morgan fingerprint density at radius 1 is 0.396 bits per heavy atom. The SMILES string of the molecule is c1ccc(-c2ccc(N(c3ccccc3)c3ccc(-c4ccc5c(c4)c4c(c6ccccc65)NC(c5ccccc5)O4)cc3)cc2)cc1. The fourth-order valence-electron chi connectivity index (χ4n) is 6.92. The Morgan fingerprint density at radius 3 is 1.54 bits per heavy atom. The van der Waals surface area contributed by atoms with Gasteiger partial charge in [0.05, 0.1) is 5.69 Å². The monoisotopic (exact) mass is 616 g/mol. The number of anilines is 4. The first-order valence-electron chi connectivity index (χ1n) is 16.4. The normalized spacial score (nSPS) is 13.5. The number of ether oxygens (including phenoxy) is 1. The summed E-state index contributed by atoms with van der Waals surface area (Å²) in [6, 6.07) is 64.4. The molecular weight excluding hydrogens is 585 g/mol. The van der Waals surface area contributed by atoms with Crippen molar-refractivity contribution in [2.45, 2.75) is 6.23 Å². The maximum atomic E-state index is 6.67. The molecule has 0 radical (unpaired) electrons. The Balaban J connectivity index is 1.10. The van der Waals surface area contributed by atoms with Crippen LogP contribution >= 0.6 is 0 Å². The topological polar surface area (TPSA) is 24.5 Å². The summed E-state index contributed by atoms with van der Waals surface area (Å²) in [4.78, 5) is 2.31. The lowest BCUT2D eigenvalue weighted by Crippen LogP contribution is -2.09. The molecule has 0 saturated carbocycles. The number of hydrogen-bond donors (Lipinski definition) is 1. The lowest BCUT2D eigenvalue weighted by molar-refractivity contribution is 0.262. The van der Waals surface area contributed by atoms with Gasteiger partial charge >= 0.3 is 0 Å². The molecule has 8 aromatic rings. The number of nitrogens with one attached hydrogen (secondary N) is 1. The highest BCUT2D eigenvalue weighted by Gasteiger charge is 2.28. The van der Waals surface area contributed by atoms with Crippen LogP contribution in [0.4, 0.5) is 22.7 Å². The molecule has 228 valence electrons. The lowest BCUT2D eigenvalue weighted by atomic mass is 9.95. The summed E-state index contributed by atoms with van der Waals surface area (Å²) in [5.41, 5.74) is 10.2. The fourth-order valence-corrected chi connectivity index (χ4v) is 6.92. The number of nitrogens with zero attached hydrogens (tertiary/aromatic N) is 1. The molecular formula is C45H32N2O. The summed E-state index contributed by atoms with van der Waals surface area (Å²) < 4.78 is 6.67. The van der Waals surface area contributed by atoms with Crippen molar-refractivity contribution in [1.82, 2.24) is 0 Å². The summed E-state index contributed by atoms with van der Waals surface area (Å²) in [7, 11) is 0. The quantitative estimate of drug-likeness (QED) is 0.188. The maximum Gasteiger partial charge on any atom is 0.196 e. The van der Waals surface area contributed by atoms with Gasteiger partial charge in [0.1, 0.15) is 0 Å². The van der Waals surface area contributed by atoms with E-state index in [0.29, 0.717) is 0 Å². The summed E-state index contributed by atoms with van der Waals surface area (Å²) >= 11 is 0. The van der Waals surface area contributed by atoms with Crippen molar-refractivity contribution in [3.8, 4) is 28.0 Å². The van der Waals surface area contributed by atoms with Gasteiger partial charge in [-0.25, -0.2) is 0 Å².